The molecule has 13 heavy (non-hydrogen) atoms. The Morgan fingerprint density at radius 1 is 1.08 bits per heavy atom. The highest BCUT2D eigenvalue weighted by molar-refractivity contribution is 4.65. The van der Waals surface area contributed by atoms with E-state index < -0.39 is 0 Å². The van der Waals surface area contributed by atoms with Gasteiger partial charge >= 0.3 is 0 Å². The third-order valence-electron chi connectivity index (χ3n) is 1.70. The van der Waals surface area contributed by atoms with E-state index in [-0.39, 0.29) is 6.10 Å². The van der Waals surface area contributed by atoms with Crippen LogP contribution in [0.1, 0.15) is 33.1 Å². The zero-order chi connectivity index (χ0) is 10.5. The number of aliphatic hydroxyl groups is 1. The molecule has 3 nitrogen and oxygen atoms in total. The maximum atomic E-state index is 8.45. The van der Waals surface area contributed by atoms with Gasteiger partial charge in [0, 0.05) is 13.1 Å². The molecule has 0 aliphatic heterocycles. The van der Waals surface area contributed by atoms with Gasteiger partial charge in [-0.05, 0) is 33.4 Å². The average molecular weight is 190 g/mol. The molecule has 1 rings (SSSR count). The summed E-state index contributed by atoms with van der Waals surface area (Å²) in [5.74, 6) is 0. The van der Waals surface area contributed by atoms with Gasteiger partial charge in [0.15, 0.2) is 0 Å². The van der Waals surface area contributed by atoms with Gasteiger partial charge in [-0.1, -0.05) is 13.8 Å². The van der Waals surface area contributed by atoms with Gasteiger partial charge in [-0.3, -0.25) is 0 Å². The summed E-state index contributed by atoms with van der Waals surface area (Å²) in [7, 11) is 3.88. The number of likely N-dealkylation sites (N-methyl/N-ethyl adjacent to an activating group) is 2. The lowest BCUT2D eigenvalue weighted by molar-refractivity contribution is 0.0950. The normalized spacial score (nSPS) is 14.5. The molecule has 1 aliphatic carbocycles. The van der Waals surface area contributed by atoms with Crippen molar-refractivity contribution in [3.05, 3.63) is 0 Å². The SMILES string of the molecule is CC.CNCCNC.OC1CCC1. The molecular weight excluding hydrogens is 164 g/mol. The molecule has 0 amide bonds. The third-order valence-corrected chi connectivity index (χ3v) is 1.70. The average Bonchev–Trinajstić information content (AvgIpc) is 2.16. The molecule has 0 saturated heterocycles. The minimum atomic E-state index is 0.0648. The molecular formula is C10H26N2O. The molecule has 3 heteroatoms. The van der Waals surface area contributed by atoms with Crippen molar-refractivity contribution < 1.29 is 5.11 Å². The fraction of sp³-hybridized carbons (Fsp3) is 1.00. The molecule has 0 heterocycles. The Bertz CT molecular complexity index is 71.3. The largest absolute Gasteiger partial charge is 0.393 e. The summed E-state index contributed by atoms with van der Waals surface area (Å²) < 4.78 is 0. The fourth-order valence-corrected chi connectivity index (χ4v) is 0.637. The molecule has 3 N–H and O–H groups in total. The van der Waals surface area contributed by atoms with Crippen LogP contribution in [0.5, 0.6) is 0 Å². The van der Waals surface area contributed by atoms with Crippen LogP contribution in [0.25, 0.3) is 0 Å². The lowest BCUT2D eigenvalue weighted by atomic mass is 9.97. The van der Waals surface area contributed by atoms with Crippen LogP contribution in [0.3, 0.4) is 0 Å². The molecule has 0 aromatic heterocycles. The van der Waals surface area contributed by atoms with Gasteiger partial charge < -0.3 is 15.7 Å². The zero-order valence-corrected chi connectivity index (χ0v) is 9.56. The second-order valence-electron chi connectivity index (χ2n) is 2.79. The monoisotopic (exact) mass is 190 g/mol. The first-order chi connectivity index (χ1) is 6.31. The van der Waals surface area contributed by atoms with Crippen LogP contribution in [0.15, 0.2) is 0 Å². The van der Waals surface area contributed by atoms with Gasteiger partial charge in [0.1, 0.15) is 0 Å². The maximum Gasteiger partial charge on any atom is 0.0540 e. The summed E-state index contributed by atoms with van der Waals surface area (Å²) in [5, 5.41) is 14.5. The van der Waals surface area contributed by atoms with E-state index in [0.29, 0.717) is 0 Å². The number of nitrogens with one attached hydrogen (secondary N) is 2. The summed E-state index contributed by atoms with van der Waals surface area (Å²) in [6.07, 6.45) is 3.39. The van der Waals surface area contributed by atoms with Crippen molar-refractivity contribution in [2.45, 2.75) is 39.2 Å². The van der Waals surface area contributed by atoms with Crippen LogP contribution in [0.4, 0.5) is 0 Å². The molecule has 0 atom stereocenters. The van der Waals surface area contributed by atoms with Gasteiger partial charge in [-0.2, -0.15) is 0 Å². The van der Waals surface area contributed by atoms with Crippen molar-refractivity contribution in [1.82, 2.24) is 10.6 Å². The predicted molar refractivity (Wildman–Crippen MR) is 59.1 cm³/mol. The zero-order valence-electron chi connectivity index (χ0n) is 9.56. The van der Waals surface area contributed by atoms with Crippen LogP contribution in [-0.2, 0) is 0 Å². The molecule has 1 saturated carbocycles. The first-order valence-electron chi connectivity index (χ1n) is 5.28. The number of hydrogen-bond donors (Lipinski definition) is 3. The first-order valence-corrected chi connectivity index (χ1v) is 5.28. The molecule has 0 spiro atoms. The highest BCUT2D eigenvalue weighted by Crippen LogP contribution is 2.16. The van der Waals surface area contributed by atoms with Gasteiger partial charge in [0.2, 0.25) is 0 Å². The number of aliphatic hydroxyl groups excluding tert-OH is 1. The fourth-order valence-electron chi connectivity index (χ4n) is 0.637. The first kappa shape index (κ1) is 15.4. The van der Waals surface area contributed by atoms with E-state index >= 15 is 0 Å². The van der Waals surface area contributed by atoms with Crippen LogP contribution in [-0.4, -0.2) is 38.4 Å². The second-order valence-corrected chi connectivity index (χ2v) is 2.79. The standard InChI is InChI=1S/C4H12N2.C4H8O.C2H6/c1-5-3-4-6-2;5-4-2-1-3-4;1-2/h5-6H,3-4H2,1-2H3;4-5H,1-3H2;1-2H3. The highest BCUT2D eigenvalue weighted by atomic mass is 16.3. The number of hydrogen-bond acceptors (Lipinski definition) is 3. The van der Waals surface area contributed by atoms with E-state index in [1.807, 2.05) is 27.9 Å². The Morgan fingerprint density at radius 3 is 1.46 bits per heavy atom. The van der Waals surface area contributed by atoms with Crippen molar-refractivity contribution in [2.75, 3.05) is 27.2 Å². The van der Waals surface area contributed by atoms with E-state index in [1.54, 1.807) is 0 Å². The van der Waals surface area contributed by atoms with Crippen molar-refractivity contribution >= 4 is 0 Å². The molecule has 0 aromatic carbocycles. The van der Waals surface area contributed by atoms with Crippen molar-refractivity contribution in [1.29, 1.82) is 0 Å². The van der Waals surface area contributed by atoms with Crippen LogP contribution in [0, 0.1) is 0 Å². The quantitative estimate of drug-likeness (QED) is 0.581. The lowest BCUT2D eigenvalue weighted by Crippen LogP contribution is -2.21. The van der Waals surface area contributed by atoms with Gasteiger partial charge in [0.05, 0.1) is 6.10 Å². The Labute approximate surface area is 82.9 Å². The summed E-state index contributed by atoms with van der Waals surface area (Å²) in [6, 6.07) is 0. The Hall–Kier alpha value is -0.120. The molecule has 1 fully saturated rings. The van der Waals surface area contributed by atoms with E-state index in [2.05, 4.69) is 10.6 Å². The second kappa shape index (κ2) is 14.4. The van der Waals surface area contributed by atoms with Gasteiger partial charge in [0.25, 0.3) is 0 Å². The predicted octanol–water partition coefficient (Wildman–Crippen LogP) is 0.983. The van der Waals surface area contributed by atoms with Crippen molar-refractivity contribution in [2.24, 2.45) is 0 Å². The Balaban J connectivity index is 0. The van der Waals surface area contributed by atoms with Crippen molar-refractivity contribution in [3.63, 3.8) is 0 Å². The van der Waals surface area contributed by atoms with E-state index in [4.69, 9.17) is 5.11 Å². The summed E-state index contributed by atoms with van der Waals surface area (Å²) in [6.45, 7) is 6.10. The van der Waals surface area contributed by atoms with Crippen LogP contribution >= 0.6 is 0 Å². The summed E-state index contributed by atoms with van der Waals surface area (Å²) >= 11 is 0. The molecule has 0 unspecified atom stereocenters. The molecule has 0 radical (unpaired) electrons. The van der Waals surface area contributed by atoms with E-state index in [9.17, 15) is 0 Å². The topological polar surface area (TPSA) is 44.3 Å². The minimum Gasteiger partial charge on any atom is -0.393 e. The summed E-state index contributed by atoms with van der Waals surface area (Å²) in [5.41, 5.74) is 0. The van der Waals surface area contributed by atoms with E-state index in [1.165, 1.54) is 6.42 Å². The minimum absolute atomic E-state index is 0.0648. The third kappa shape index (κ3) is 14.7. The van der Waals surface area contributed by atoms with Gasteiger partial charge in [-0.15, -0.1) is 0 Å². The molecule has 1 aliphatic rings. The smallest absolute Gasteiger partial charge is 0.0540 e. The molecule has 82 valence electrons. The number of rotatable bonds is 3. The summed E-state index contributed by atoms with van der Waals surface area (Å²) in [4.78, 5) is 0. The maximum absolute atomic E-state index is 8.45. The van der Waals surface area contributed by atoms with Crippen LogP contribution in [0.2, 0.25) is 0 Å². The van der Waals surface area contributed by atoms with Gasteiger partial charge in [-0.25, -0.2) is 0 Å². The highest BCUT2D eigenvalue weighted by Gasteiger charge is 2.11. The van der Waals surface area contributed by atoms with Crippen molar-refractivity contribution in [3.8, 4) is 0 Å². The Morgan fingerprint density at radius 2 is 1.38 bits per heavy atom. The van der Waals surface area contributed by atoms with E-state index in [0.717, 1.165) is 25.9 Å². The molecule has 0 bridgehead atoms. The molecule has 0 aromatic rings. The lowest BCUT2D eigenvalue weighted by Gasteiger charge is -2.17. The van der Waals surface area contributed by atoms with Crippen LogP contribution < -0.4 is 10.6 Å². The Kier molecular flexibility index (Phi) is 17.0.